The van der Waals surface area contributed by atoms with Crippen LogP contribution >= 0.6 is 23.2 Å². The van der Waals surface area contributed by atoms with Crippen molar-refractivity contribution in [2.45, 2.75) is 31.4 Å². The normalized spacial score (nSPS) is 12.4. The van der Waals surface area contributed by atoms with Crippen molar-refractivity contribution >= 4 is 40.7 Å². The fraction of sp³-hybridized carbons (Fsp3) is 0.257. The summed E-state index contributed by atoms with van der Waals surface area (Å²) in [4.78, 5) is 26.2. The van der Waals surface area contributed by atoms with Crippen LogP contribution in [-0.4, -0.2) is 44.7 Å². The SMILES string of the molecule is C=C(/C=C(C[C@H](Cl)COC)/C(=C\CCN)c1cc(Cl)c(OC)c(C(=O)OCc2ccccc2)c1)C(=O)OCc1ccccc1. The van der Waals surface area contributed by atoms with Crippen molar-refractivity contribution < 1.29 is 28.5 Å². The van der Waals surface area contributed by atoms with Crippen LogP contribution in [0.1, 0.15) is 39.9 Å². The van der Waals surface area contributed by atoms with Crippen molar-refractivity contribution in [2.75, 3.05) is 27.4 Å². The van der Waals surface area contributed by atoms with Crippen LogP contribution in [0.25, 0.3) is 5.57 Å². The third-order valence-corrected chi connectivity index (χ3v) is 7.03. The summed E-state index contributed by atoms with van der Waals surface area (Å²) in [7, 11) is 2.99. The Balaban J connectivity index is 2.00. The Morgan fingerprint density at radius 2 is 1.57 bits per heavy atom. The molecule has 9 heteroatoms. The van der Waals surface area contributed by atoms with Gasteiger partial charge in [0.2, 0.25) is 0 Å². The molecule has 3 rings (SSSR count). The molecular weight excluding hydrogens is 601 g/mol. The molecule has 3 aromatic carbocycles. The summed E-state index contributed by atoms with van der Waals surface area (Å²) in [6, 6.07) is 22.0. The molecule has 0 aliphatic rings. The molecule has 0 saturated heterocycles. The van der Waals surface area contributed by atoms with E-state index in [4.69, 9.17) is 47.9 Å². The fourth-order valence-electron chi connectivity index (χ4n) is 4.38. The van der Waals surface area contributed by atoms with Gasteiger partial charge in [0.05, 0.1) is 29.7 Å². The molecule has 0 heterocycles. The molecule has 0 aliphatic carbocycles. The van der Waals surface area contributed by atoms with Crippen LogP contribution in [0.5, 0.6) is 5.75 Å². The molecule has 3 aromatic rings. The molecule has 44 heavy (non-hydrogen) atoms. The van der Waals surface area contributed by atoms with E-state index in [9.17, 15) is 9.59 Å². The van der Waals surface area contributed by atoms with E-state index in [0.29, 0.717) is 36.1 Å². The second-order valence-electron chi connectivity index (χ2n) is 9.81. The van der Waals surface area contributed by atoms with E-state index in [1.165, 1.54) is 7.11 Å². The third-order valence-electron chi connectivity index (χ3n) is 6.46. The molecular formula is C35H37Cl2NO6. The first kappa shape index (κ1) is 34.6. The van der Waals surface area contributed by atoms with E-state index in [1.54, 1.807) is 25.3 Å². The van der Waals surface area contributed by atoms with E-state index in [2.05, 4.69) is 6.58 Å². The monoisotopic (exact) mass is 637 g/mol. The van der Waals surface area contributed by atoms with Crippen LogP contribution in [-0.2, 0) is 32.2 Å². The molecule has 0 radical (unpaired) electrons. The van der Waals surface area contributed by atoms with Crippen molar-refractivity contribution in [1.82, 2.24) is 0 Å². The van der Waals surface area contributed by atoms with Crippen molar-refractivity contribution in [1.29, 1.82) is 0 Å². The molecule has 7 nitrogen and oxygen atoms in total. The lowest BCUT2D eigenvalue weighted by Crippen LogP contribution is -2.12. The van der Waals surface area contributed by atoms with Gasteiger partial charge in [-0.25, -0.2) is 9.59 Å². The Labute approximate surface area is 268 Å². The first-order valence-electron chi connectivity index (χ1n) is 14.0. The number of ether oxygens (including phenoxy) is 4. The van der Waals surface area contributed by atoms with Crippen LogP contribution < -0.4 is 10.5 Å². The fourth-order valence-corrected chi connectivity index (χ4v) is 4.97. The second kappa shape index (κ2) is 18.0. The van der Waals surface area contributed by atoms with E-state index in [0.717, 1.165) is 11.1 Å². The molecule has 0 aromatic heterocycles. The number of carbonyl (C=O) groups excluding carboxylic acids is 2. The minimum atomic E-state index is -0.610. The number of methoxy groups -OCH3 is 2. The smallest absolute Gasteiger partial charge is 0.342 e. The van der Waals surface area contributed by atoms with Gasteiger partial charge in [0, 0.05) is 7.11 Å². The zero-order valence-corrected chi connectivity index (χ0v) is 26.4. The van der Waals surface area contributed by atoms with Crippen LogP contribution in [0.3, 0.4) is 0 Å². The summed E-state index contributed by atoms with van der Waals surface area (Å²) in [5.74, 6) is -1.01. The van der Waals surface area contributed by atoms with Gasteiger partial charge in [-0.15, -0.1) is 11.6 Å². The molecule has 1 atom stereocenters. The van der Waals surface area contributed by atoms with Crippen molar-refractivity contribution in [3.63, 3.8) is 0 Å². The van der Waals surface area contributed by atoms with Gasteiger partial charge in [-0.1, -0.05) is 84.9 Å². The lowest BCUT2D eigenvalue weighted by atomic mass is 9.90. The maximum atomic E-state index is 13.3. The van der Waals surface area contributed by atoms with Gasteiger partial charge in [-0.05, 0) is 65.4 Å². The number of allylic oxidation sites excluding steroid dienone is 2. The first-order valence-corrected chi connectivity index (χ1v) is 14.8. The number of halogens is 2. The average Bonchev–Trinajstić information content (AvgIpc) is 3.03. The van der Waals surface area contributed by atoms with Crippen LogP contribution in [0, 0.1) is 0 Å². The van der Waals surface area contributed by atoms with Gasteiger partial charge < -0.3 is 24.7 Å². The minimum absolute atomic E-state index is 0.0710. The highest BCUT2D eigenvalue weighted by Gasteiger charge is 2.23. The van der Waals surface area contributed by atoms with Gasteiger partial charge in [0.25, 0.3) is 0 Å². The number of rotatable bonds is 16. The number of carbonyl (C=O) groups is 2. The van der Waals surface area contributed by atoms with E-state index in [1.807, 2.05) is 66.7 Å². The van der Waals surface area contributed by atoms with Gasteiger partial charge in [-0.3, -0.25) is 0 Å². The van der Waals surface area contributed by atoms with Gasteiger partial charge >= 0.3 is 11.9 Å². The molecule has 2 N–H and O–H groups in total. The summed E-state index contributed by atoms with van der Waals surface area (Å²) in [6.07, 6.45) is 4.33. The number of hydrogen-bond acceptors (Lipinski definition) is 7. The Kier molecular flexibility index (Phi) is 14.2. The minimum Gasteiger partial charge on any atom is -0.494 e. The summed E-state index contributed by atoms with van der Waals surface area (Å²) in [5.41, 5.74) is 9.72. The number of nitrogens with two attached hydrogens (primary N) is 1. The molecule has 0 unspecified atom stereocenters. The molecule has 0 fully saturated rings. The topological polar surface area (TPSA) is 97.1 Å². The summed E-state index contributed by atoms with van der Waals surface area (Å²) in [6.45, 7) is 4.75. The Morgan fingerprint density at radius 3 is 2.14 bits per heavy atom. The molecule has 232 valence electrons. The van der Waals surface area contributed by atoms with Gasteiger partial charge in [0.15, 0.2) is 5.75 Å². The molecule has 0 amide bonds. The highest BCUT2D eigenvalue weighted by molar-refractivity contribution is 6.33. The number of esters is 2. The van der Waals surface area contributed by atoms with Gasteiger partial charge in [0.1, 0.15) is 18.8 Å². The molecule has 0 aliphatic heterocycles. The van der Waals surface area contributed by atoms with Crippen molar-refractivity contribution in [3.8, 4) is 5.75 Å². The maximum Gasteiger partial charge on any atom is 0.342 e. The lowest BCUT2D eigenvalue weighted by molar-refractivity contribution is -0.139. The predicted molar refractivity (Wildman–Crippen MR) is 175 cm³/mol. The van der Waals surface area contributed by atoms with Crippen molar-refractivity contribution in [3.05, 3.63) is 130 Å². The highest BCUT2D eigenvalue weighted by atomic mass is 35.5. The standard InChI is InChI=1S/C35H37Cl2NO6/c1-24(34(39)43-21-25-11-6-4-7-12-25)17-27(18-29(36)23-41-2)30(15-10-16-38)28-19-31(33(42-3)32(37)20-28)35(40)44-22-26-13-8-5-9-14-26/h4-9,11-15,17,19-20,29H,1,10,16,18,21-23,38H2,2-3H3/b27-17+,30-15+/t29-/m0/s1. The Hall–Kier alpha value is -3.88. The van der Waals surface area contributed by atoms with E-state index < -0.39 is 17.3 Å². The number of benzene rings is 3. The first-order chi connectivity index (χ1) is 21.3. The second-order valence-corrected chi connectivity index (χ2v) is 10.8. The average molecular weight is 639 g/mol. The number of hydrogen-bond donors (Lipinski definition) is 1. The predicted octanol–water partition coefficient (Wildman–Crippen LogP) is 7.31. The third kappa shape index (κ3) is 10.4. The highest BCUT2D eigenvalue weighted by Crippen LogP contribution is 2.37. The van der Waals surface area contributed by atoms with Crippen LogP contribution in [0.2, 0.25) is 5.02 Å². The van der Waals surface area contributed by atoms with Crippen LogP contribution in [0.4, 0.5) is 0 Å². The quantitative estimate of drug-likeness (QED) is 0.0761. The van der Waals surface area contributed by atoms with E-state index in [-0.39, 0.29) is 41.7 Å². The Morgan fingerprint density at radius 1 is 0.955 bits per heavy atom. The lowest BCUT2D eigenvalue weighted by Gasteiger charge is -2.19. The zero-order valence-electron chi connectivity index (χ0n) is 24.9. The molecule has 0 spiro atoms. The summed E-state index contributed by atoms with van der Waals surface area (Å²) >= 11 is 13.3. The Bertz CT molecular complexity index is 1470. The van der Waals surface area contributed by atoms with Gasteiger partial charge in [-0.2, -0.15) is 0 Å². The number of alkyl halides is 1. The summed E-state index contributed by atoms with van der Waals surface area (Å²) < 4.78 is 21.8. The van der Waals surface area contributed by atoms with E-state index >= 15 is 0 Å². The van der Waals surface area contributed by atoms with Crippen LogP contribution in [0.15, 0.2) is 103 Å². The largest absolute Gasteiger partial charge is 0.494 e. The zero-order chi connectivity index (χ0) is 31.9. The van der Waals surface area contributed by atoms with Crippen molar-refractivity contribution in [2.24, 2.45) is 5.73 Å². The molecule has 0 saturated carbocycles. The molecule has 0 bridgehead atoms. The summed E-state index contributed by atoms with van der Waals surface area (Å²) in [5, 5.41) is -0.236. The maximum absolute atomic E-state index is 13.3.